The highest BCUT2D eigenvalue weighted by Crippen LogP contribution is 2.50. The summed E-state index contributed by atoms with van der Waals surface area (Å²) in [4.78, 5) is 16.5. The second kappa shape index (κ2) is 6.94. The van der Waals surface area contributed by atoms with Gasteiger partial charge in [0.25, 0.3) is 0 Å². The normalized spacial score (nSPS) is 29.9. The molecule has 28 heavy (non-hydrogen) atoms. The van der Waals surface area contributed by atoms with Crippen molar-refractivity contribution in [1.29, 1.82) is 0 Å². The lowest BCUT2D eigenvalue weighted by molar-refractivity contribution is -0.134. The molecule has 1 atom stereocenters. The molecule has 2 heterocycles. The Morgan fingerprint density at radius 2 is 1.96 bits per heavy atom. The number of amides is 1. The van der Waals surface area contributed by atoms with Gasteiger partial charge in [-0.1, -0.05) is 24.3 Å². The fourth-order valence-corrected chi connectivity index (χ4v) is 4.85. The number of likely N-dealkylation sites (tertiary alicyclic amines) is 1. The van der Waals surface area contributed by atoms with E-state index in [1.807, 2.05) is 25.7 Å². The molecule has 1 saturated carbocycles. The molecular formula is C23H34N2O3. The standard InChI is InChI=1S/C23H34N2O3/c1-21(2,3)28-20(26)24-16-23(17-24)14-19(15-23)27-18-8-12-25(13-9-18)22(4)10-6-5-7-11-22/h5-8,10,19H,9,11-17H2,1-4H3. The van der Waals surface area contributed by atoms with Crippen molar-refractivity contribution in [1.82, 2.24) is 9.80 Å². The Kier molecular flexibility index (Phi) is 4.85. The van der Waals surface area contributed by atoms with Crippen LogP contribution in [0.4, 0.5) is 4.79 Å². The summed E-state index contributed by atoms with van der Waals surface area (Å²) >= 11 is 0. The van der Waals surface area contributed by atoms with Crippen LogP contribution in [0.5, 0.6) is 0 Å². The molecule has 1 saturated heterocycles. The highest BCUT2D eigenvalue weighted by atomic mass is 16.6. The molecule has 0 aromatic heterocycles. The van der Waals surface area contributed by atoms with Gasteiger partial charge in [-0.25, -0.2) is 4.79 Å². The number of nitrogens with zero attached hydrogens (tertiary/aromatic N) is 2. The van der Waals surface area contributed by atoms with Crippen molar-refractivity contribution < 1.29 is 14.3 Å². The Bertz CT molecular complexity index is 704. The van der Waals surface area contributed by atoms with Gasteiger partial charge < -0.3 is 14.4 Å². The van der Waals surface area contributed by atoms with Crippen LogP contribution in [0.3, 0.4) is 0 Å². The quantitative estimate of drug-likeness (QED) is 0.727. The van der Waals surface area contributed by atoms with Crippen LogP contribution < -0.4 is 0 Å². The maximum absolute atomic E-state index is 12.1. The first-order valence-corrected chi connectivity index (χ1v) is 10.6. The average Bonchev–Trinajstić information content (AvgIpc) is 2.55. The van der Waals surface area contributed by atoms with Crippen LogP contribution in [0.15, 0.2) is 36.1 Å². The summed E-state index contributed by atoms with van der Waals surface area (Å²) in [6.45, 7) is 11.7. The van der Waals surface area contributed by atoms with Crippen LogP contribution in [-0.4, -0.2) is 59.3 Å². The van der Waals surface area contributed by atoms with Crippen molar-refractivity contribution in [2.45, 2.75) is 70.6 Å². The maximum atomic E-state index is 12.1. The number of carbonyl (C=O) groups excluding carboxylic acids is 1. The van der Waals surface area contributed by atoms with Crippen molar-refractivity contribution in [3.05, 3.63) is 36.1 Å². The second-order valence-corrected chi connectivity index (χ2v) is 10.2. The molecule has 0 aromatic rings. The first-order valence-electron chi connectivity index (χ1n) is 10.6. The van der Waals surface area contributed by atoms with Crippen molar-refractivity contribution in [2.75, 3.05) is 26.2 Å². The van der Waals surface area contributed by atoms with E-state index in [1.54, 1.807) is 0 Å². The summed E-state index contributed by atoms with van der Waals surface area (Å²) < 4.78 is 11.7. The van der Waals surface area contributed by atoms with E-state index >= 15 is 0 Å². The predicted molar refractivity (Wildman–Crippen MR) is 110 cm³/mol. The minimum atomic E-state index is -0.423. The Labute approximate surface area is 169 Å². The lowest BCUT2D eigenvalue weighted by Crippen LogP contribution is -2.65. The van der Waals surface area contributed by atoms with Crippen LogP contribution >= 0.6 is 0 Å². The van der Waals surface area contributed by atoms with Crippen LogP contribution in [0, 0.1) is 5.41 Å². The maximum Gasteiger partial charge on any atom is 0.410 e. The number of rotatable bonds is 3. The molecule has 1 unspecified atom stereocenters. The molecule has 2 aliphatic carbocycles. The van der Waals surface area contributed by atoms with Crippen LogP contribution in [0.25, 0.3) is 0 Å². The summed E-state index contributed by atoms with van der Waals surface area (Å²) in [5, 5.41) is 0. The molecule has 4 aliphatic rings. The fraction of sp³-hybridized carbons (Fsp3) is 0.696. The molecule has 0 radical (unpaired) electrons. The number of allylic oxidation sites excluding steroid dienone is 2. The van der Waals surface area contributed by atoms with Crippen molar-refractivity contribution in [3.8, 4) is 0 Å². The molecule has 2 fully saturated rings. The number of carbonyl (C=O) groups is 1. The van der Waals surface area contributed by atoms with Gasteiger partial charge >= 0.3 is 6.09 Å². The minimum Gasteiger partial charge on any atom is -0.495 e. The average molecular weight is 387 g/mol. The topological polar surface area (TPSA) is 42.0 Å². The summed E-state index contributed by atoms with van der Waals surface area (Å²) in [6, 6.07) is 0. The number of ether oxygens (including phenoxy) is 2. The molecule has 0 aromatic carbocycles. The number of hydrogen-bond donors (Lipinski definition) is 0. The van der Waals surface area contributed by atoms with E-state index in [9.17, 15) is 4.79 Å². The SMILES string of the molecule is CC(C)(C)OC(=O)N1CC2(CC(OC3=CCN(C4(C)C=CC=CC4)CC3)C2)C1. The molecule has 154 valence electrons. The van der Waals surface area contributed by atoms with Crippen LogP contribution in [0.1, 0.15) is 53.4 Å². The minimum absolute atomic E-state index is 0.133. The van der Waals surface area contributed by atoms with Gasteiger partial charge in [-0.05, 0) is 53.0 Å². The van der Waals surface area contributed by atoms with E-state index in [4.69, 9.17) is 9.47 Å². The Hall–Kier alpha value is -1.75. The van der Waals surface area contributed by atoms with Gasteiger partial charge in [-0.15, -0.1) is 0 Å². The van der Waals surface area contributed by atoms with Crippen molar-refractivity contribution in [2.24, 2.45) is 5.41 Å². The molecule has 4 rings (SSSR count). The molecule has 0 N–H and O–H groups in total. The van der Waals surface area contributed by atoms with E-state index in [1.165, 1.54) is 0 Å². The largest absolute Gasteiger partial charge is 0.495 e. The molecule has 5 nitrogen and oxygen atoms in total. The number of hydrogen-bond acceptors (Lipinski definition) is 4. The monoisotopic (exact) mass is 386 g/mol. The van der Waals surface area contributed by atoms with E-state index in [0.717, 1.165) is 57.6 Å². The van der Waals surface area contributed by atoms with Crippen LogP contribution in [0.2, 0.25) is 0 Å². The van der Waals surface area contributed by atoms with Gasteiger partial charge in [0.15, 0.2) is 0 Å². The Morgan fingerprint density at radius 3 is 2.54 bits per heavy atom. The third kappa shape index (κ3) is 4.00. The first kappa shape index (κ1) is 19.6. The second-order valence-electron chi connectivity index (χ2n) is 10.2. The smallest absolute Gasteiger partial charge is 0.410 e. The lowest BCUT2D eigenvalue weighted by atomic mass is 9.62. The molecule has 5 heteroatoms. The molecule has 1 spiro atoms. The van der Waals surface area contributed by atoms with Gasteiger partial charge in [0.1, 0.15) is 5.60 Å². The Balaban J connectivity index is 1.20. The van der Waals surface area contributed by atoms with E-state index in [2.05, 4.69) is 42.2 Å². The van der Waals surface area contributed by atoms with Gasteiger partial charge in [-0.2, -0.15) is 0 Å². The van der Waals surface area contributed by atoms with Gasteiger partial charge in [0.2, 0.25) is 0 Å². The lowest BCUT2D eigenvalue weighted by Gasteiger charge is -2.58. The zero-order chi connectivity index (χ0) is 20.0. The summed E-state index contributed by atoms with van der Waals surface area (Å²) in [6.07, 6.45) is 15.4. The van der Waals surface area contributed by atoms with E-state index < -0.39 is 5.60 Å². The summed E-state index contributed by atoms with van der Waals surface area (Å²) in [7, 11) is 0. The highest BCUT2D eigenvalue weighted by Gasteiger charge is 2.55. The van der Waals surface area contributed by atoms with Crippen molar-refractivity contribution in [3.63, 3.8) is 0 Å². The molecular weight excluding hydrogens is 352 g/mol. The summed E-state index contributed by atoms with van der Waals surface area (Å²) in [5.41, 5.74) is -0.0168. The van der Waals surface area contributed by atoms with Crippen molar-refractivity contribution >= 4 is 6.09 Å². The third-order valence-corrected chi connectivity index (χ3v) is 6.47. The summed E-state index contributed by atoms with van der Waals surface area (Å²) in [5.74, 6) is 1.15. The van der Waals surface area contributed by atoms with Gasteiger partial charge in [0, 0.05) is 43.6 Å². The predicted octanol–water partition coefficient (Wildman–Crippen LogP) is 4.27. The zero-order valence-corrected chi connectivity index (χ0v) is 17.7. The first-order chi connectivity index (χ1) is 13.2. The van der Waals surface area contributed by atoms with Gasteiger partial charge in [0.05, 0.1) is 11.9 Å². The van der Waals surface area contributed by atoms with Gasteiger partial charge in [-0.3, -0.25) is 4.90 Å². The third-order valence-electron chi connectivity index (χ3n) is 6.47. The van der Waals surface area contributed by atoms with E-state index in [0.29, 0.717) is 6.10 Å². The highest BCUT2D eigenvalue weighted by molar-refractivity contribution is 5.69. The molecule has 2 aliphatic heterocycles. The molecule has 1 amide bonds. The van der Waals surface area contributed by atoms with E-state index in [-0.39, 0.29) is 17.0 Å². The fourth-order valence-electron chi connectivity index (χ4n) is 4.85. The molecule has 0 bridgehead atoms. The zero-order valence-electron chi connectivity index (χ0n) is 17.7. The Morgan fingerprint density at radius 1 is 1.21 bits per heavy atom. The van der Waals surface area contributed by atoms with Crippen LogP contribution in [-0.2, 0) is 9.47 Å².